The Kier molecular flexibility index (Phi) is 2.65. The van der Waals surface area contributed by atoms with Crippen LogP contribution in [0, 0.1) is 6.92 Å². The fraction of sp³-hybridized carbons (Fsp3) is 0.250. The molecule has 2 N–H and O–H groups in total. The number of thiophene rings is 1. The van der Waals surface area contributed by atoms with E-state index in [9.17, 15) is 4.79 Å². The van der Waals surface area contributed by atoms with Gasteiger partial charge in [-0.05, 0) is 32.0 Å². The molecule has 106 valence electrons. The number of hydrogen-bond acceptors (Lipinski definition) is 4. The molecule has 1 aromatic carbocycles. The molecule has 21 heavy (non-hydrogen) atoms. The van der Waals surface area contributed by atoms with E-state index in [1.165, 1.54) is 11.3 Å². The van der Waals surface area contributed by atoms with Crippen LogP contribution in [0.1, 0.15) is 22.3 Å². The molecule has 0 fully saturated rings. The number of hydrogen-bond donors (Lipinski definition) is 2. The minimum absolute atomic E-state index is 0.0110. The molecule has 3 aromatic rings. The Labute approximate surface area is 126 Å². The van der Waals surface area contributed by atoms with Crippen molar-refractivity contribution in [3.05, 3.63) is 34.8 Å². The highest BCUT2D eigenvalue weighted by Gasteiger charge is 2.24. The third kappa shape index (κ3) is 1.88. The van der Waals surface area contributed by atoms with Gasteiger partial charge in [0.2, 0.25) is 0 Å². The Morgan fingerprint density at radius 2 is 2.14 bits per heavy atom. The first kappa shape index (κ1) is 12.6. The third-order valence-corrected chi connectivity index (χ3v) is 4.98. The van der Waals surface area contributed by atoms with Crippen LogP contribution >= 0.6 is 11.3 Å². The molecule has 4 nitrogen and oxygen atoms in total. The van der Waals surface area contributed by atoms with E-state index in [-0.39, 0.29) is 11.9 Å². The summed E-state index contributed by atoms with van der Waals surface area (Å²) in [5.41, 5.74) is 2.93. The molecule has 0 saturated carbocycles. The summed E-state index contributed by atoms with van der Waals surface area (Å²) in [6, 6.07) is 8.33. The molecule has 0 aliphatic carbocycles. The second kappa shape index (κ2) is 4.43. The van der Waals surface area contributed by atoms with Gasteiger partial charge in [0.25, 0.3) is 5.91 Å². The van der Waals surface area contributed by atoms with Crippen LogP contribution in [0.4, 0.5) is 5.69 Å². The summed E-state index contributed by atoms with van der Waals surface area (Å²) in [7, 11) is 0. The summed E-state index contributed by atoms with van der Waals surface area (Å²) >= 11 is 1.54. The molecule has 5 heteroatoms. The number of pyridine rings is 1. The van der Waals surface area contributed by atoms with Gasteiger partial charge in [-0.25, -0.2) is 0 Å². The summed E-state index contributed by atoms with van der Waals surface area (Å²) in [4.78, 5) is 17.7. The smallest absolute Gasteiger partial charge is 0.263 e. The predicted octanol–water partition coefficient (Wildman–Crippen LogP) is 3.30. The van der Waals surface area contributed by atoms with Crippen molar-refractivity contribution < 1.29 is 4.79 Å². The standard InChI is InChI=1S/C16H15N3OS/c1-8-3-4-10-11(18-8)5-6-12-13(10)14-15(21-12)16(20)19-9(2)7-17-14/h3-6,9,17H,7H2,1-2H3,(H,19,20). The molecule has 2 aromatic heterocycles. The fourth-order valence-electron chi connectivity index (χ4n) is 2.83. The van der Waals surface area contributed by atoms with Crippen molar-refractivity contribution >= 4 is 43.9 Å². The van der Waals surface area contributed by atoms with Gasteiger partial charge in [0.05, 0.1) is 11.2 Å². The van der Waals surface area contributed by atoms with E-state index < -0.39 is 0 Å². The van der Waals surface area contributed by atoms with E-state index in [1.807, 2.05) is 26.0 Å². The number of aromatic nitrogens is 1. The maximum absolute atomic E-state index is 12.3. The second-order valence-electron chi connectivity index (χ2n) is 5.52. The van der Waals surface area contributed by atoms with Crippen LogP contribution in [-0.4, -0.2) is 23.5 Å². The van der Waals surface area contributed by atoms with Gasteiger partial charge in [-0.1, -0.05) is 6.07 Å². The molecule has 1 aliphatic rings. The lowest BCUT2D eigenvalue weighted by Crippen LogP contribution is -2.34. The number of fused-ring (bicyclic) bond motifs is 5. The highest BCUT2D eigenvalue weighted by atomic mass is 32.1. The van der Waals surface area contributed by atoms with E-state index in [4.69, 9.17) is 0 Å². The summed E-state index contributed by atoms with van der Waals surface area (Å²) in [6.07, 6.45) is 0. The largest absolute Gasteiger partial charge is 0.381 e. The molecule has 0 saturated heterocycles. The van der Waals surface area contributed by atoms with Gasteiger partial charge in [0.15, 0.2) is 0 Å². The van der Waals surface area contributed by atoms with Crippen molar-refractivity contribution in [2.24, 2.45) is 0 Å². The Hall–Kier alpha value is -2.14. The van der Waals surface area contributed by atoms with Crippen molar-refractivity contribution in [3.8, 4) is 0 Å². The topological polar surface area (TPSA) is 54.0 Å². The highest BCUT2D eigenvalue weighted by molar-refractivity contribution is 7.21. The molecule has 0 spiro atoms. The summed E-state index contributed by atoms with van der Waals surface area (Å²) < 4.78 is 1.12. The van der Waals surface area contributed by atoms with Crippen molar-refractivity contribution in [2.45, 2.75) is 19.9 Å². The predicted molar refractivity (Wildman–Crippen MR) is 87.3 cm³/mol. The molecular weight excluding hydrogens is 282 g/mol. The monoisotopic (exact) mass is 297 g/mol. The van der Waals surface area contributed by atoms with Gasteiger partial charge < -0.3 is 10.6 Å². The number of nitrogens with zero attached hydrogens (tertiary/aromatic N) is 1. The molecule has 1 aliphatic heterocycles. The van der Waals surface area contributed by atoms with Crippen molar-refractivity contribution in [1.82, 2.24) is 10.3 Å². The van der Waals surface area contributed by atoms with Gasteiger partial charge in [0, 0.05) is 33.8 Å². The van der Waals surface area contributed by atoms with Crippen LogP contribution < -0.4 is 10.6 Å². The van der Waals surface area contributed by atoms with E-state index >= 15 is 0 Å². The van der Waals surface area contributed by atoms with Gasteiger partial charge in [-0.2, -0.15) is 0 Å². The number of carbonyl (C=O) groups is 1. The van der Waals surface area contributed by atoms with Gasteiger partial charge >= 0.3 is 0 Å². The number of anilines is 1. The van der Waals surface area contributed by atoms with Gasteiger partial charge in [0.1, 0.15) is 4.88 Å². The lowest BCUT2D eigenvalue weighted by atomic mass is 10.1. The number of benzene rings is 1. The number of nitrogens with one attached hydrogen (secondary N) is 2. The SMILES string of the molecule is Cc1ccc2c(ccc3sc4c(c32)NCC(C)NC4=O)n1. The molecular formula is C16H15N3OS. The molecule has 1 atom stereocenters. The van der Waals surface area contributed by atoms with Crippen LogP contribution in [0.25, 0.3) is 21.0 Å². The minimum atomic E-state index is 0.0110. The molecule has 0 radical (unpaired) electrons. The summed E-state index contributed by atoms with van der Waals surface area (Å²) in [5, 5.41) is 8.66. The van der Waals surface area contributed by atoms with E-state index in [0.717, 1.165) is 43.8 Å². The first-order valence-electron chi connectivity index (χ1n) is 7.01. The minimum Gasteiger partial charge on any atom is -0.381 e. The molecule has 1 unspecified atom stereocenters. The van der Waals surface area contributed by atoms with Crippen molar-refractivity contribution in [2.75, 3.05) is 11.9 Å². The summed E-state index contributed by atoms with van der Waals surface area (Å²) in [5.74, 6) is 0.0110. The third-order valence-electron chi connectivity index (χ3n) is 3.83. The van der Waals surface area contributed by atoms with Crippen LogP contribution in [0.2, 0.25) is 0 Å². The van der Waals surface area contributed by atoms with Crippen LogP contribution in [0.3, 0.4) is 0 Å². The van der Waals surface area contributed by atoms with Crippen molar-refractivity contribution in [1.29, 1.82) is 0 Å². The number of aryl methyl sites for hydroxylation is 1. The number of amides is 1. The Balaban J connectivity index is 2.08. The number of carbonyl (C=O) groups excluding carboxylic acids is 1. The zero-order valence-corrected chi connectivity index (χ0v) is 12.7. The lowest BCUT2D eigenvalue weighted by molar-refractivity contribution is 0.0949. The van der Waals surface area contributed by atoms with E-state index in [0.29, 0.717) is 0 Å². The molecule has 1 amide bonds. The normalized spacial score (nSPS) is 18.2. The molecule has 0 bridgehead atoms. The Morgan fingerprint density at radius 1 is 1.29 bits per heavy atom. The van der Waals surface area contributed by atoms with Gasteiger partial charge in [-0.3, -0.25) is 9.78 Å². The first-order valence-corrected chi connectivity index (χ1v) is 7.83. The van der Waals surface area contributed by atoms with Gasteiger partial charge in [-0.15, -0.1) is 11.3 Å². The zero-order chi connectivity index (χ0) is 14.6. The maximum atomic E-state index is 12.3. The van der Waals surface area contributed by atoms with Crippen molar-refractivity contribution in [3.63, 3.8) is 0 Å². The Morgan fingerprint density at radius 3 is 3.00 bits per heavy atom. The molecule has 3 heterocycles. The zero-order valence-electron chi connectivity index (χ0n) is 11.9. The van der Waals surface area contributed by atoms with Crippen LogP contribution in [-0.2, 0) is 0 Å². The van der Waals surface area contributed by atoms with Crippen LogP contribution in [0.5, 0.6) is 0 Å². The average Bonchev–Trinajstić information content (AvgIpc) is 2.77. The Bertz CT molecular complexity index is 884. The second-order valence-corrected chi connectivity index (χ2v) is 6.57. The maximum Gasteiger partial charge on any atom is 0.263 e. The highest BCUT2D eigenvalue weighted by Crippen LogP contribution is 2.40. The quantitative estimate of drug-likeness (QED) is 0.669. The van der Waals surface area contributed by atoms with E-state index in [1.54, 1.807) is 0 Å². The number of rotatable bonds is 0. The molecule has 4 rings (SSSR count). The van der Waals surface area contributed by atoms with E-state index in [2.05, 4.69) is 27.8 Å². The lowest BCUT2D eigenvalue weighted by Gasteiger charge is -2.10. The summed E-state index contributed by atoms with van der Waals surface area (Å²) in [6.45, 7) is 4.73. The first-order chi connectivity index (χ1) is 10.1. The fourth-order valence-corrected chi connectivity index (χ4v) is 3.93. The van der Waals surface area contributed by atoms with Crippen LogP contribution in [0.15, 0.2) is 24.3 Å². The average molecular weight is 297 g/mol.